The zero-order valence-corrected chi connectivity index (χ0v) is 17.7. The zero-order valence-electron chi connectivity index (χ0n) is 16.9. The average Bonchev–Trinajstić information content (AvgIpc) is 2.78. The van der Waals surface area contributed by atoms with Crippen LogP contribution in [-0.2, 0) is 0 Å². The van der Waals surface area contributed by atoms with Gasteiger partial charge in [-0.15, -0.1) is 0 Å². The van der Waals surface area contributed by atoms with Gasteiger partial charge in [-0.25, -0.2) is 24.3 Å². The van der Waals surface area contributed by atoms with Gasteiger partial charge in [-0.1, -0.05) is 17.7 Å². The van der Waals surface area contributed by atoms with Gasteiger partial charge in [0, 0.05) is 30.2 Å². The maximum absolute atomic E-state index is 13.9. The lowest BCUT2D eigenvalue weighted by Crippen LogP contribution is -2.27. The number of pyridine rings is 1. The number of aliphatic hydroxyl groups excluding tert-OH is 1. The minimum atomic E-state index is -0.757. The van der Waals surface area contributed by atoms with E-state index in [2.05, 4.69) is 25.3 Å². The first kappa shape index (κ1) is 21.5. The standard InChI is InChI=1S/C22H18ClFN6O2/c1-13-25-8-5-20(27-13)29-22-26-7-4-18(28-22)14-6-9-30(21(32)11-14)19(12-31)15-2-3-16(23)17(24)10-15/h2-11,19,31H,12H2,1H3,(H,25,26,27,28,29)/t19-/m1/s1. The van der Waals surface area contributed by atoms with Gasteiger partial charge in [-0.2, -0.15) is 0 Å². The first-order valence-electron chi connectivity index (χ1n) is 9.62. The molecule has 4 aromatic rings. The van der Waals surface area contributed by atoms with Gasteiger partial charge in [0.05, 0.1) is 23.4 Å². The van der Waals surface area contributed by atoms with Crippen LogP contribution in [-0.4, -0.2) is 36.2 Å². The van der Waals surface area contributed by atoms with E-state index in [1.807, 2.05) is 0 Å². The molecule has 162 valence electrons. The minimum Gasteiger partial charge on any atom is -0.394 e. The van der Waals surface area contributed by atoms with Crippen LogP contribution in [0.4, 0.5) is 16.2 Å². The summed E-state index contributed by atoms with van der Waals surface area (Å²) in [5, 5.41) is 12.8. The van der Waals surface area contributed by atoms with Crippen LogP contribution in [0.5, 0.6) is 0 Å². The summed E-state index contributed by atoms with van der Waals surface area (Å²) < 4.78 is 15.2. The zero-order chi connectivity index (χ0) is 22.7. The highest BCUT2D eigenvalue weighted by molar-refractivity contribution is 6.30. The Bertz CT molecular complexity index is 1330. The predicted molar refractivity (Wildman–Crippen MR) is 118 cm³/mol. The largest absolute Gasteiger partial charge is 0.394 e. The summed E-state index contributed by atoms with van der Waals surface area (Å²) in [5.41, 5.74) is 1.14. The normalized spacial score (nSPS) is 11.9. The number of halogens is 2. The van der Waals surface area contributed by atoms with Crippen LogP contribution in [0.15, 0.2) is 65.8 Å². The van der Waals surface area contributed by atoms with Gasteiger partial charge in [-0.05, 0) is 42.8 Å². The molecule has 2 N–H and O–H groups in total. The second-order valence-corrected chi connectivity index (χ2v) is 7.32. The Kier molecular flexibility index (Phi) is 6.20. The van der Waals surface area contributed by atoms with Crippen LogP contribution < -0.4 is 10.9 Å². The van der Waals surface area contributed by atoms with E-state index in [1.165, 1.54) is 29.0 Å². The molecule has 3 heterocycles. The molecule has 0 aliphatic rings. The second-order valence-electron chi connectivity index (χ2n) is 6.91. The number of nitrogens with one attached hydrogen (secondary N) is 1. The molecule has 3 aromatic heterocycles. The molecule has 4 rings (SSSR count). The van der Waals surface area contributed by atoms with Crippen LogP contribution in [0.25, 0.3) is 11.3 Å². The van der Waals surface area contributed by atoms with Crippen LogP contribution in [0.3, 0.4) is 0 Å². The summed E-state index contributed by atoms with van der Waals surface area (Å²) in [6.45, 7) is 1.38. The SMILES string of the molecule is Cc1nccc(Nc2nccc(-c3ccn([C@H](CO)c4ccc(Cl)c(F)c4)c(=O)c3)n2)n1. The third kappa shape index (κ3) is 4.63. The summed E-state index contributed by atoms with van der Waals surface area (Å²) >= 11 is 5.74. The summed E-state index contributed by atoms with van der Waals surface area (Å²) in [7, 11) is 0. The highest BCUT2D eigenvalue weighted by Crippen LogP contribution is 2.23. The molecule has 0 radical (unpaired) electrons. The molecular formula is C22H18ClFN6O2. The molecule has 0 bridgehead atoms. The molecule has 0 amide bonds. The highest BCUT2D eigenvalue weighted by atomic mass is 35.5. The van der Waals surface area contributed by atoms with Crippen molar-refractivity contribution in [3.8, 4) is 11.3 Å². The van der Waals surface area contributed by atoms with Gasteiger partial charge in [0.15, 0.2) is 0 Å². The van der Waals surface area contributed by atoms with Crippen molar-refractivity contribution in [3.63, 3.8) is 0 Å². The van der Waals surface area contributed by atoms with Crippen molar-refractivity contribution in [2.24, 2.45) is 0 Å². The minimum absolute atomic E-state index is 0.0292. The summed E-state index contributed by atoms with van der Waals surface area (Å²) in [6, 6.07) is 9.87. The number of benzene rings is 1. The molecule has 0 fully saturated rings. The summed E-state index contributed by atoms with van der Waals surface area (Å²) in [5.74, 6) is 0.849. The van der Waals surface area contributed by atoms with E-state index in [9.17, 15) is 14.3 Å². The molecule has 1 aromatic carbocycles. The van der Waals surface area contributed by atoms with Crippen LogP contribution in [0.2, 0.25) is 5.02 Å². The molecular weight excluding hydrogens is 435 g/mol. The van der Waals surface area contributed by atoms with E-state index >= 15 is 0 Å². The number of rotatable bonds is 6. The molecule has 0 aliphatic carbocycles. The number of aliphatic hydroxyl groups is 1. The molecule has 0 spiro atoms. The van der Waals surface area contributed by atoms with Gasteiger partial charge >= 0.3 is 0 Å². The Morgan fingerprint density at radius 3 is 2.66 bits per heavy atom. The summed E-state index contributed by atoms with van der Waals surface area (Å²) in [4.78, 5) is 29.7. The fourth-order valence-electron chi connectivity index (χ4n) is 3.20. The lowest BCUT2D eigenvalue weighted by atomic mass is 10.1. The summed E-state index contributed by atoms with van der Waals surface area (Å²) in [6.07, 6.45) is 4.73. The lowest BCUT2D eigenvalue weighted by Gasteiger charge is -2.18. The van der Waals surface area contributed by atoms with Crippen molar-refractivity contribution in [1.82, 2.24) is 24.5 Å². The van der Waals surface area contributed by atoms with E-state index in [4.69, 9.17) is 11.6 Å². The Balaban J connectivity index is 1.63. The number of nitrogens with zero attached hydrogens (tertiary/aromatic N) is 5. The maximum atomic E-state index is 13.9. The van der Waals surface area contributed by atoms with Crippen LogP contribution >= 0.6 is 11.6 Å². The molecule has 0 unspecified atom stereocenters. The van der Waals surface area contributed by atoms with E-state index in [-0.39, 0.29) is 17.2 Å². The Morgan fingerprint density at radius 2 is 1.94 bits per heavy atom. The number of hydrogen-bond donors (Lipinski definition) is 2. The van der Waals surface area contributed by atoms with Gasteiger partial charge in [0.2, 0.25) is 5.95 Å². The molecule has 0 saturated carbocycles. The van der Waals surface area contributed by atoms with Crippen molar-refractivity contribution < 1.29 is 9.50 Å². The topological polar surface area (TPSA) is 106 Å². The van der Waals surface area contributed by atoms with Crippen molar-refractivity contribution in [2.75, 3.05) is 11.9 Å². The lowest BCUT2D eigenvalue weighted by molar-refractivity contribution is 0.247. The van der Waals surface area contributed by atoms with Crippen molar-refractivity contribution in [2.45, 2.75) is 13.0 Å². The van der Waals surface area contributed by atoms with Crippen LogP contribution in [0, 0.1) is 12.7 Å². The van der Waals surface area contributed by atoms with Crippen molar-refractivity contribution in [3.05, 3.63) is 93.6 Å². The quantitative estimate of drug-likeness (QED) is 0.461. The fourth-order valence-corrected chi connectivity index (χ4v) is 3.32. The predicted octanol–water partition coefficient (Wildman–Crippen LogP) is 3.52. The van der Waals surface area contributed by atoms with E-state index in [0.717, 1.165) is 0 Å². The molecule has 32 heavy (non-hydrogen) atoms. The molecule has 0 aliphatic heterocycles. The first-order chi connectivity index (χ1) is 15.4. The van der Waals surface area contributed by atoms with Crippen molar-refractivity contribution >= 4 is 23.4 Å². The first-order valence-corrected chi connectivity index (χ1v) is 10.0. The van der Waals surface area contributed by atoms with E-state index in [1.54, 1.807) is 43.6 Å². The third-order valence-corrected chi connectivity index (χ3v) is 5.06. The number of anilines is 2. The number of aryl methyl sites for hydroxylation is 1. The van der Waals surface area contributed by atoms with E-state index < -0.39 is 11.9 Å². The Hall–Kier alpha value is -3.69. The molecule has 1 atom stereocenters. The average molecular weight is 453 g/mol. The monoisotopic (exact) mass is 452 g/mol. The Morgan fingerprint density at radius 1 is 1.12 bits per heavy atom. The number of aromatic nitrogens is 5. The fraction of sp³-hybridized carbons (Fsp3) is 0.136. The Labute approximate surface area is 187 Å². The maximum Gasteiger partial charge on any atom is 0.251 e. The van der Waals surface area contributed by atoms with Gasteiger partial charge in [-0.3, -0.25) is 4.79 Å². The smallest absolute Gasteiger partial charge is 0.251 e. The second kappa shape index (κ2) is 9.21. The van der Waals surface area contributed by atoms with Gasteiger partial charge in [0.1, 0.15) is 17.5 Å². The van der Waals surface area contributed by atoms with Gasteiger partial charge in [0.25, 0.3) is 5.56 Å². The third-order valence-electron chi connectivity index (χ3n) is 4.75. The molecule has 10 heteroatoms. The molecule has 0 saturated heterocycles. The number of hydrogen-bond acceptors (Lipinski definition) is 7. The highest BCUT2D eigenvalue weighted by Gasteiger charge is 2.16. The van der Waals surface area contributed by atoms with Crippen molar-refractivity contribution in [1.29, 1.82) is 0 Å². The van der Waals surface area contributed by atoms with Gasteiger partial charge < -0.3 is 15.0 Å². The van der Waals surface area contributed by atoms with E-state index in [0.29, 0.717) is 34.4 Å². The van der Waals surface area contributed by atoms with Crippen LogP contribution in [0.1, 0.15) is 17.4 Å². The molecule has 8 nitrogen and oxygen atoms in total.